The van der Waals surface area contributed by atoms with Crippen LogP contribution in [0.5, 0.6) is 0 Å². The highest BCUT2D eigenvalue weighted by Gasteiger charge is 2.02. The maximum Gasteiger partial charge on any atom is 0.217 e. The summed E-state index contributed by atoms with van der Waals surface area (Å²) in [6, 6.07) is 0.343. The van der Waals surface area contributed by atoms with Gasteiger partial charge in [0, 0.05) is 13.0 Å². The molecule has 0 rings (SSSR count). The number of carbonyl (C=O) groups is 1. The molecule has 0 aliphatic rings. The van der Waals surface area contributed by atoms with Gasteiger partial charge in [-0.25, -0.2) is 0 Å². The zero-order valence-electron chi connectivity index (χ0n) is 14.2. The Bertz CT molecular complexity index is 215. The van der Waals surface area contributed by atoms with Crippen molar-refractivity contribution in [2.75, 3.05) is 0 Å². The van der Waals surface area contributed by atoms with Crippen molar-refractivity contribution >= 4 is 5.91 Å². The van der Waals surface area contributed by atoms with Crippen LogP contribution in [0.15, 0.2) is 0 Å². The van der Waals surface area contributed by atoms with E-state index in [1.165, 1.54) is 77.0 Å². The predicted molar refractivity (Wildman–Crippen MR) is 89.0 cm³/mol. The zero-order chi connectivity index (χ0) is 15.1. The Kier molecular flexibility index (Phi) is 14.5. The van der Waals surface area contributed by atoms with E-state index in [1.54, 1.807) is 6.92 Å². The molecule has 0 aliphatic carbocycles. The first-order valence-corrected chi connectivity index (χ1v) is 8.94. The van der Waals surface area contributed by atoms with Crippen LogP contribution >= 0.6 is 0 Å². The highest BCUT2D eigenvalue weighted by Crippen LogP contribution is 2.12. The number of amides is 1. The second-order valence-electron chi connectivity index (χ2n) is 6.28. The number of carbonyl (C=O) groups excluding carboxylic acids is 1. The number of nitrogens with one attached hydrogen (secondary N) is 1. The van der Waals surface area contributed by atoms with E-state index >= 15 is 0 Å². The van der Waals surface area contributed by atoms with E-state index in [-0.39, 0.29) is 5.91 Å². The van der Waals surface area contributed by atoms with Crippen molar-refractivity contribution in [1.82, 2.24) is 5.32 Å². The Morgan fingerprint density at radius 2 is 1.20 bits per heavy atom. The molecule has 1 atom stereocenters. The van der Waals surface area contributed by atoms with Crippen LogP contribution in [0.1, 0.15) is 104 Å². The second kappa shape index (κ2) is 14.9. The molecular formula is C18H37NO. The van der Waals surface area contributed by atoms with Crippen LogP contribution in [0.2, 0.25) is 0 Å². The lowest BCUT2D eigenvalue weighted by Gasteiger charge is -2.11. The van der Waals surface area contributed by atoms with Crippen molar-refractivity contribution in [2.24, 2.45) is 0 Å². The highest BCUT2D eigenvalue weighted by atomic mass is 16.1. The van der Waals surface area contributed by atoms with Gasteiger partial charge in [0.15, 0.2) is 0 Å². The molecule has 2 nitrogen and oxygen atoms in total. The number of hydrogen-bond donors (Lipinski definition) is 1. The van der Waals surface area contributed by atoms with Crippen LogP contribution in [-0.2, 0) is 4.79 Å². The van der Waals surface area contributed by atoms with Gasteiger partial charge >= 0.3 is 0 Å². The molecule has 0 saturated heterocycles. The van der Waals surface area contributed by atoms with E-state index in [9.17, 15) is 4.79 Å². The SMILES string of the molecule is CCCCCCCCCCCCCCC(C)NC(C)=O. The van der Waals surface area contributed by atoms with E-state index < -0.39 is 0 Å². The minimum absolute atomic E-state index is 0.0939. The maximum atomic E-state index is 10.9. The smallest absolute Gasteiger partial charge is 0.217 e. The van der Waals surface area contributed by atoms with E-state index in [4.69, 9.17) is 0 Å². The van der Waals surface area contributed by atoms with Crippen LogP contribution in [0, 0.1) is 0 Å². The van der Waals surface area contributed by atoms with Crippen molar-refractivity contribution in [3.05, 3.63) is 0 Å². The summed E-state index contributed by atoms with van der Waals surface area (Å²) < 4.78 is 0. The second-order valence-corrected chi connectivity index (χ2v) is 6.28. The third-order valence-corrected chi connectivity index (χ3v) is 3.94. The molecule has 0 aromatic carbocycles. The summed E-state index contributed by atoms with van der Waals surface area (Å²) in [4.78, 5) is 10.9. The molecule has 1 N–H and O–H groups in total. The van der Waals surface area contributed by atoms with Gasteiger partial charge in [-0.3, -0.25) is 4.79 Å². The Hall–Kier alpha value is -0.530. The van der Waals surface area contributed by atoms with Crippen LogP contribution in [0.4, 0.5) is 0 Å². The van der Waals surface area contributed by atoms with Gasteiger partial charge < -0.3 is 5.32 Å². The van der Waals surface area contributed by atoms with Crippen LogP contribution in [-0.4, -0.2) is 11.9 Å². The van der Waals surface area contributed by atoms with E-state index in [2.05, 4.69) is 19.2 Å². The van der Waals surface area contributed by atoms with Gasteiger partial charge in [0.2, 0.25) is 5.91 Å². The Morgan fingerprint density at radius 3 is 1.60 bits per heavy atom. The summed E-state index contributed by atoms with van der Waals surface area (Å²) in [5.41, 5.74) is 0. The minimum Gasteiger partial charge on any atom is -0.354 e. The number of hydrogen-bond acceptors (Lipinski definition) is 1. The standard InChI is InChI=1S/C18H37NO/c1-4-5-6-7-8-9-10-11-12-13-14-15-16-17(2)19-18(3)20/h17H,4-16H2,1-3H3,(H,19,20). The lowest BCUT2D eigenvalue weighted by Crippen LogP contribution is -2.30. The van der Waals surface area contributed by atoms with Crippen molar-refractivity contribution in [2.45, 2.75) is 110 Å². The molecule has 0 aromatic heterocycles. The summed E-state index contributed by atoms with van der Waals surface area (Å²) in [7, 11) is 0. The molecule has 120 valence electrons. The quantitative estimate of drug-likeness (QED) is 0.413. The van der Waals surface area contributed by atoms with Gasteiger partial charge in [0.25, 0.3) is 0 Å². The van der Waals surface area contributed by atoms with Gasteiger partial charge in [-0.2, -0.15) is 0 Å². The van der Waals surface area contributed by atoms with Gasteiger partial charge in [-0.05, 0) is 13.3 Å². The van der Waals surface area contributed by atoms with Crippen molar-refractivity contribution in [1.29, 1.82) is 0 Å². The average molecular weight is 284 g/mol. The first-order chi connectivity index (χ1) is 9.66. The molecule has 0 aromatic rings. The van der Waals surface area contributed by atoms with Crippen LogP contribution in [0.25, 0.3) is 0 Å². The van der Waals surface area contributed by atoms with Crippen molar-refractivity contribution < 1.29 is 4.79 Å². The molecule has 0 fully saturated rings. The average Bonchev–Trinajstić information content (AvgIpc) is 2.39. The monoisotopic (exact) mass is 283 g/mol. The molecule has 0 bridgehead atoms. The molecule has 0 heterocycles. The molecule has 0 spiro atoms. The fourth-order valence-corrected chi connectivity index (χ4v) is 2.71. The summed E-state index contributed by atoms with van der Waals surface area (Å²) in [6.07, 6.45) is 17.8. The lowest BCUT2D eigenvalue weighted by molar-refractivity contribution is -0.119. The number of rotatable bonds is 14. The molecule has 0 radical (unpaired) electrons. The fourth-order valence-electron chi connectivity index (χ4n) is 2.71. The van der Waals surface area contributed by atoms with Crippen molar-refractivity contribution in [3.8, 4) is 0 Å². The first kappa shape index (κ1) is 19.5. The molecule has 1 unspecified atom stereocenters. The summed E-state index contributed by atoms with van der Waals surface area (Å²) >= 11 is 0. The van der Waals surface area contributed by atoms with Gasteiger partial charge in [0.1, 0.15) is 0 Å². The van der Waals surface area contributed by atoms with Gasteiger partial charge in [-0.1, -0.05) is 84.0 Å². The largest absolute Gasteiger partial charge is 0.354 e. The predicted octanol–water partition coefficient (Wildman–Crippen LogP) is 5.60. The molecule has 1 amide bonds. The Balaban J connectivity index is 3.08. The summed E-state index contributed by atoms with van der Waals surface area (Å²) in [6.45, 7) is 5.97. The molecular weight excluding hydrogens is 246 g/mol. The van der Waals surface area contributed by atoms with Gasteiger partial charge in [-0.15, -0.1) is 0 Å². The summed E-state index contributed by atoms with van der Waals surface area (Å²) in [5.74, 6) is 0.0939. The Morgan fingerprint density at radius 1 is 0.800 bits per heavy atom. The third-order valence-electron chi connectivity index (χ3n) is 3.94. The maximum absolute atomic E-state index is 10.9. The third kappa shape index (κ3) is 15.5. The Labute approximate surface area is 127 Å². The minimum atomic E-state index is 0.0939. The zero-order valence-corrected chi connectivity index (χ0v) is 14.2. The molecule has 0 aliphatic heterocycles. The summed E-state index contributed by atoms with van der Waals surface area (Å²) in [5, 5.41) is 2.94. The fraction of sp³-hybridized carbons (Fsp3) is 0.944. The number of unbranched alkanes of at least 4 members (excludes halogenated alkanes) is 11. The molecule has 20 heavy (non-hydrogen) atoms. The topological polar surface area (TPSA) is 29.1 Å². The van der Waals surface area contributed by atoms with Crippen LogP contribution in [0.3, 0.4) is 0 Å². The van der Waals surface area contributed by atoms with E-state index in [0.29, 0.717) is 6.04 Å². The van der Waals surface area contributed by atoms with Crippen LogP contribution < -0.4 is 5.32 Å². The van der Waals surface area contributed by atoms with Gasteiger partial charge in [0.05, 0.1) is 0 Å². The highest BCUT2D eigenvalue weighted by molar-refractivity contribution is 5.73. The normalized spacial score (nSPS) is 12.3. The van der Waals surface area contributed by atoms with Crippen molar-refractivity contribution in [3.63, 3.8) is 0 Å². The van der Waals surface area contributed by atoms with E-state index in [1.807, 2.05) is 0 Å². The van der Waals surface area contributed by atoms with E-state index in [0.717, 1.165) is 6.42 Å². The lowest BCUT2D eigenvalue weighted by atomic mass is 10.0. The molecule has 2 heteroatoms. The first-order valence-electron chi connectivity index (χ1n) is 8.94. The molecule has 0 saturated carbocycles.